The second-order valence-corrected chi connectivity index (χ2v) is 9.32. The highest BCUT2D eigenvalue weighted by molar-refractivity contribution is 6.30. The van der Waals surface area contributed by atoms with Crippen molar-refractivity contribution in [3.05, 3.63) is 100 Å². The molecule has 0 unspecified atom stereocenters. The van der Waals surface area contributed by atoms with E-state index < -0.39 is 0 Å². The number of hydrogen-bond donors (Lipinski definition) is 0. The average Bonchev–Trinajstić information content (AvgIpc) is 3.18. The molecule has 1 aliphatic heterocycles. The molecule has 0 radical (unpaired) electrons. The number of fused-ring (bicyclic) bond motifs is 1. The third-order valence-electron chi connectivity index (χ3n) is 6.30. The number of piperazine rings is 1. The van der Waals surface area contributed by atoms with E-state index >= 15 is 0 Å². The first-order chi connectivity index (χ1) is 16.1. The minimum Gasteiger partial charge on any atom is -0.368 e. The molecule has 1 aromatic heterocycles. The molecular weight excluding hydrogens is 453 g/mol. The first-order valence-electron chi connectivity index (χ1n) is 11.2. The lowest BCUT2D eigenvalue weighted by molar-refractivity contribution is -0.130. The summed E-state index contributed by atoms with van der Waals surface area (Å²) >= 11 is 12.0. The number of carbonyl (C=O) groups excluding carboxylic acids is 1. The smallest absolute Gasteiger partial charge is 0.227 e. The zero-order chi connectivity index (χ0) is 22.8. The molecule has 1 fully saturated rings. The standard InChI is InChI=1S/C27H25Cl2N3O/c28-22-7-5-20(6-8-22)18-32-19-21(25-3-1-2-4-26(25)32)17-27(33)31-15-13-30(14-16-31)24-11-9-23(29)10-12-24/h1-12,19H,13-18H2. The predicted octanol–water partition coefficient (Wildman–Crippen LogP) is 5.89. The van der Waals surface area contributed by atoms with Crippen molar-refractivity contribution in [1.82, 2.24) is 9.47 Å². The topological polar surface area (TPSA) is 28.5 Å². The van der Waals surface area contributed by atoms with Gasteiger partial charge in [-0.2, -0.15) is 0 Å². The summed E-state index contributed by atoms with van der Waals surface area (Å²) in [5.41, 5.74) is 4.54. The number of carbonyl (C=O) groups is 1. The molecule has 0 saturated carbocycles. The fraction of sp³-hybridized carbons (Fsp3) is 0.222. The van der Waals surface area contributed by atoms with Crippen molar-refractivity contribution in [1.29, 1.82) is 0 Å². The number of halogens is 2. The second kappa shape index (κ2) is 9.50. The minimum absolute atomic E-state index is 0.181. The molecule has 4 aromatic rings. The van der Waals surface area contributed by atoms with E-state index in [9.17, 15) is 4.79 Å². The van der Waals surface area contributed by atoms with E-state index in [-0.39, 0.29) is 5.91 Å². The van der Waals surface area contributed by atoms with Crippen LogP contribution < -0.4 is 4.90 Å². The summed E-state index contributed by atoms with van der Waals surface area (Å²) in [5.74, 6) is 0.181. The van der Waals surface area contributed by atoms with Crippen molar-refractivity contribution >= 4 is 45.7 Å². The minimum atomic E-state index is 0.181. The number of aromatic nitrogens is 1. The number of benzene rings is 3. The van der Waals surface area contributed by atoms with Crippen LogP contribution in [0.1, 0.15) is 11.1 Å². The molecule has 3 aromatic carbocycles. The maximum absolute atomic E-state index is 13.2. The van der Waals surface area contributed by atoms with Crippen molar-refractivity contribution in [2.24, 2.45) is 0 Å². The summed E-state index contributed by atoms with van der Waals surface area (Å²) in [4.78, 5) is 17.5. The molecule has 0 spiro atoms. The van der Waals surface area contributed by atoms with E-state index in [1.165, 1.54) is 5.56 Å². The van der Waals surface area contributed by atoms with E-state index in [2.05, 4.69) is 27.8 Å². The average molecular weight is 478 g/mol. The Balaban J connectivity index is 1.28. The lowest BCUT2D eigenvalue weighted by Crippen LogP contribution is -2.49. The van der Waals surface area contributed by atoms with Crippen LogP contribution in [-0.2, 0) is 17.8 Å². The Kier molecular flexibility index (Phi) is 6.30. The Labute approximate surface area is 203 Å². The van der Waals surface area contributed by atoms with Crippen LogP contribution in [0.15, 0.2) is 79.0 Å². The summed E-state index contributed by atoms with van der Waals surface area (Å²) in [6, 6.07) is 24.1. The van der Waals surface area contributed by atoms with Crippen molar-refractivity contribution in [3.63, 3.8) is 0 Å². The van der Waals surface area contributed by atoms with Gasteiger partial charge in [-0.1, -0.05) is 53.5 Å². The molecule has 1 aliphatic rings. The quantitative estimate of drug-likeness (QED) is 0.358. The molecule has 0 bridgehead atoms. The van der Waals surface area contributed by atoms with E-state index in [1.807, 2.05) is 65.6 Å². The maximum atomic E-state index is 13.2. The van der Waals surface area contributed by atoms with Gasteiger partial charge in [0.05, 0.1) is 6.42 Å². The number of hydrogen-bond acceptors (Lipinski definition) is 2. The Hall–Kier alpha value is -2.95. The van der Waals surface area contributed by atoms with Gasteiger partial charge in [0.25, 0.3) is 0 Å². The summed E-state index contributed by atoms with van der Waals surface area (Å²) < 4.78 is 2.22. The number of amides is 1. The zero-order valence-corrected chi connectivity index (χ0v) is 19.8. The number of rotatable bonds is 5. The molecule has 5 rings (SSSR count). The van der Waals surface area contributed by atoms with Crippen molar-refractivity contribution < 1.29 is 4.79 Å². The molecule has 0 aliphatic carbocycles. The van der Waals surface area contributed by atoms with E-state index in [0.717, 1.165) is 64.9 Å². The van der Waals surface area contributed by atoms with Gasteiger partial charge in [0.2, 0.25) is 5.91 Å². The SMILES string of the molecule is O=C(Cc1cn(Cc2ccc(Cl)cc2)c2ccccc12)N1CCN(c2ccc(Cl)cc2)CC1. The first-order valence-corrected chi connectivity index (χ1v) is 11.9. The van der Waals surface area contributed by atoms with Crippen LogP contribution in [0.3, 0.4) is 0 Å². The van der Waals surface area contributed by atoms with Crippen LogP contribution in [0, 0.1) is 0 Å². The van der Waals surface area contributed by atoms with Crippen molar-refractivity contribution in [2.75, 3.05) is 31.1 Å². The maximum Gasteiger partial charge on any atom is 0.227 e. The van der Waals surface area contributed by atoms with Crippen molar-refractivity contribution in [2.45, 2.75) is 13.0 Å². The molecule has 2 heterocycles. The molecule has 1 saturated heterocycles. The Morgan fingerprint density at radius 1 is 0.788 bits per heavy atom. The van der Waals surface area contributed by atoms with Gasteiger partial charge in [-0.25, -0.2) is 0 Å². The van der Waals surface area contributed by atoms with Crippen LogP contribution in [0.2, 0.25) is 10.0 Å². The molecule has 168 valence electrons. The molecular formula is C27H25Cl2N3O. The predicted molar refractivity (Wildman–Crippen MR) is 136 cm³/mol. The number of nitrogens with zero attached hydrogens (tertiary/aromatic N) is 3. The molecule has 4 nitrogen and oxygen atoms in total. The van der Waals surface area contributed by atoms with E-state index in [1.54, 1.807) is 0 Å². The van der Waals surface area contributed by atoms with Gasteiger partial charge in [0.1, 0.15) is 0 Å². The lowest BCUT2D eigenvalue weighted by Gasteiger charge is -2.36. The summed E-state index contributed by atoms with van der Waals surface area (Å²) in [6.45, 7) is 3.85. The van der Waals surface area contributed by atoms with Crippen LogP contribution in [-0.4, -0.2) is 41.6 Å². The summed E-state index contributed by atoms with van der Waals surface area (Å²) in [5, 5.41) is 2.61. The third-order valence-corrected chi connectivity index (χ3v) is 6.81. The van der Waals surface area contributed by atoms with Gasteiger partial charge in [0, 0.05) is 65.6 Å². The second-order valence-electron chi connectivity index (χ2n) is 8.45. The highest BCUT2D eigenvalue weighted by Gasteiger charge is 2.22. The normalized spacial score (nSPS) is 14.1. The first kappa shape index (κ1) is 21.9. The van der Waals surface area contributed by atoms with Gasteiger partial charge in [-0.05, 0) is 53.6 Å². The molecule has 0 N–H and O–H groups in total. The van der Waals surface area contributed by atoms with Crippen molar-refractivity contribution in [3.8, 4) is 0 Å². The fourth-order valence-corrected chi connectivity index (χ4v) is 4.77. The zero-order valence-electron chi connectivity index (χ0n) is 18.3. The van der Waals surface area contributed by atoms with Crippen LogP contribution in [0.4, 0.5) is 5.69 Å². The van der Waals surface area contributed by atoms with Gasteiger partial charge in [-0.15, -0.1) is 0 Å². The highest BCUT2D eigenvalue weighted by Crippen LogP contribution is 2.25. The largest absolute Gasteiger partial charge is 0.368 e. The Morgan fingerprint density at radius 3 is 2.12 bits per heavy atom. The molecule has 33 heavy (non-hydrogen) atoms. The van der Waals surface area contributed by atoms with E-state index in [4.69, 9.17) is 23.2 Å². The molecule has 0 atom stereocenters. The molecule has 1 amide bonds. The number of anilines is 1. The van der Waals surface area contributed by atoms with Crippen LogP contribution in [0.25, 0.3) is 10.9 Å². The Bertz CT molecular complexity index is 1260. The fourth-order valence-electron chi connectivity index (χ4n) is 4.52. The third kappa shape index (κ3) is 4.87. The van der Waals surface area contributed by atoms with Gasteiger partial charge in [-0.3, -0.25) is 4.79 Å². The number of para-hydroxylation sites is 1. The van der Waals surface area contributed by atoms with Gasteiger partial charge in [0.15, 0.2) is 0 Å². The van der Waals surface area contributed by atoms with Gasteiger partial charge >= 0.3 is 0 Å². The lowest BCUT2D eigenvalue weighted by atomic mass is 10.1. The Morgan fingerprint density at radius 2 is 1.42 bits per heavy atom. The highest BCUT2D eigenvalue weighted by atomic mass is 35.5. The summed E-state index contributed by atoms with van der Waals surface area (Å²) in [6.07, 6.45) is 2.54. The van der Waals surface area contributed by atoms with Crippen LogP contribution in [0.5, 0.6) is 0 Å². The van der Waals surface area contributed by atoms with Gasteiger partial charge < -0.3 is 14.4 Å². The monoisotopic (exact) mass is 477 g/mol. The van der Waals surface area contributed by atoms with Crippen LogP contribution >= 0.6 is 23.2 Å². The molecule has 6 heteroatoms. The van der Waals surface area contributed by atoms with E-state index in [0.29, 0.717) is 6.42 Å². The summed E-state index contributed by atoms with van der Waals surface area (Å²) in [7, 11) is 0.